The lowest BCUT2D eigenvalue weighted by Crippen LogP contribution is -2.40. The fourth-order valence-corrected chi connectivity index (χ4v) is 3.95. The number of rotatable bonds is 8. The molecule has 0 bridgehead atoms. The summed E-state index contributed by atoms with van der Waals surface area (Å²) in [5.41, 5.74) is -0.492. The zero-order valence-corrected chi connectivity index (χ0v) is 12.3. The van der Waals surface area contributed by atoms with E-state index in [2.05, 4.69) is 0 Å². The second kappa shape index (κ2) is 7.03. The number of hydrogen-bond donors (Lipinski definition) is 1. The largest absolute Gasteiger partial charge is 0.393 e. The van der Waals surface area contributed by atoms with Crippen LogP contribution in [-0.4, -0.2) is 38.7 Å². The van der Waals surface area contributed by atoms with Gasteiger partial charge >= 0.3 is 0 Å². The normalized spacial score (nSPS) is 15.1. The molecule has 0 spiro atoms. The fraction of sp³-hybridized carbons (Fsp3) is 0.571. The van der Waals surface area contributed by atoms with E-state index in [1.807, 2.05) is 13.0 Å². The summed E-state index contributed by atoms with van der Waals surface area (Å²) in [5.74, 6) is -0.0710. The van der Waals surface area contributed by atoms with Gasteiger partial charge in [-0.2, -0.15) is 0 Å². The molecule has 0 radical (unpaired) electrons. The first-order valence-electron chi connectivity index (χ1n) is 6.41. The first-order valence-corrected chi connectivity index (χ1v) is 8.24. The maximum atomic E-state index is 12.1. The summed E-state index contributed by atoms with van der Waals surface area (Å²) in [6.07, 6.45) is 1.45. The molecule has 1 N–H and O–H groups in total. The highest BCUT2D eigenvalue weighted by Crippen LogP contribution is 2.27. The Balaban J connectivity index is 3.01. The Kier molecular flexibility index (Phi) is 5.97. The molecule has 0 aromatic heterocycles. The zero-order valence-electron chi connectivity index (χ0n) is 11.5. The topological polar surface area (TPSA) is 63.6 Å². The Morgan fingerprint density at radius 2 is 1.89 bits per heavy atom. The molecule has 0 saturated heterocycles. The average Bonchev–Trinajstić information content (AvgIpc) is 2.44. The smallest absolute Gasteiger partial charge is 0.153 e. The maximum Gasteiger partial charge on any atom is 0.153 e. The number of aliphatic hydroxyl groups excluding tert-OH is 1. The van der Waals surface area contributed by atoms with Gasteiger partial charge in [-0.1, -0.05) is 43.7 Å². The molecule has 0 heterocycles. The molecule has 108 valence electrons. The summed E-state index contributed by atoms with van der Waals surface area (Å²) in [7, 11) is -1.83. The molecule has 0 aliphatic carbocycles. The predicted molar refractivity (Wildman–Crippen MR) is 75.8 cm³/mol. The van der Waals surface area contributed by atoms with Gasteiger partial charge in [-0.05, 0) is 12.0 Å². The molecule has 1 aromatic carbocycles. The summed E-state index contributed by atoms with van der Waals surface area (Å²) in [4.78, 5) is 0. The van der Waals surface area contributed by atoms with Gasteiger partial charge in [0.2, 0.25) is 0 Å². The van der Waals surface area contributed by atoms with Crippen molar-refractivity contribution in [2.24, 2.45) is 0 Å². The Morgan fingerprint density at radius 3 is 2.37 bits per heavy atom. The lowest BCUT2D eigenvalue weighted by Gasteiger charge is -2.30. The number of aliphatic hydroxyl groups is 1. The molecule has 5 heteroatoms. The van der Waals surface area contributed by atoms with E-state index in [9.17, 15) is 13.5 Å². The summed E-state index contributed by atoms with van der Waals surface area (Å²) in [5, 5.41) is 9.63. The molecule has 4 nitrogen and oxygen atoms in total. The van der Waals surface area contributed by atoms with Gasteiger partial charge in [0, 0.05) is 7.11 Å². The van der Waals surface area contributed by atoms with Crippen molar-refractivity contribution in [2.75, 3.05) is 25.2 Å². The van der Waals surface area contributed by atoms with Gasteiger partial charge in [0.1, 0.15) is 5.60 Å². The molecule has 1 unspecified atom stereocenters. The predicted octanol–water partition coefficient (Wildman–Crippen LogP) is 1.74. The Hall–Kier alpha value is -0.910. The summed E-state index contributed by atoms with van der Waals surface area (Å²) in [6.45, 7) is 1.58. The van der Waals surface area contributed by atoms with Crippen LogP contribution in [0.4, 0.5) is 0 Å². The van der Waals surface area contributed by atoms with Gasteiger partial charge in [0.25, 0.3) is 0 Å². The van der Waals surface area contributed by atoms with Crippen molar-refractivity contribution >= 4 is 9.84 Å². The minimum Gasteiger partial charge on any atom is -0.393 e. The van der Waals surface area contributed by atoms with Crippen molar-refractivity contribution in [3.05, 3.63) is 35.9 Å². The molecule has 0 fully saturated rings. The quantitative estimate of drug-likeness (QED) is 0.790. The molecular formula is C14H22O4S. The van der Waals surface area contributed by atoms with Gasteiger partial charge in [-0.15, -0.1) is 0 Å². The average molecular weight is 286 g/mol. The maximum absolute atomic E-state index is 12.1. The minimum absolute atomic E-state index is 0.126. The second-order valence-corrected chi connectivity index (χ2v) is 6.85. The van der Waals surface area contributed by atoms with Gasteiger partial charge in [-0.3, -0.25) is 0 Å². The molecule has 0 aliphatic heterocycles. The van der Waals surface area contributed by atoms with Crippen LogP contribution in [0.5, 0.6) is 0 Å². The van der Waals surface area contributed by atoms with E-state index in [4.69, 9.17) is 4.74 Å². The van der Waals surface area contributed by atoms with E-state index in [0.29, 0.717) is 12.0 Å². The first-order chi connectivity index (χ1) is 8.99. The highest BCUT2D eigenvalue weighted by molar-refractivity contribution is 7.91. The molecule has 0 aliphatic rings. The van der Waals surface area contributed by atoms with Crippen molar-refractivity contribution in [1.82, 2.24) is 0 Å². The van der Waals surface area contributed by atoms with Crippen molar-refractivity contribution in [3.63, 3.8) is 0 Å². The number of sulfone groups is 1. The number of benzene rings is 1. The van der Waals surface area contributed by atoms with Crippen LogP contribution in [0, 0.1) is 0 Å². The monoisotopic (exact) mass is 286 g/mol. The number of unbranched alkanes of at least 4 members (excludes halogenated alkanes) is 1. The van der Waals surface area contributed by atoms with Crippen LogP contribution in [0.3, 0.4) is 0 Å². The van der Waals surface area contributed by atoms with E-state index in [0.717, 1.165) is 6.42 Å². The fourth-order valence-electron chi connectivity index (χ4n) is 2.00. The van der Waals surface area contributed by atoms with E-state index in [1.54, 1.807) is 24.3 Å². The lowest BCUT2D eigenvalue weighted by atomic mass is 9.97. The van der Waals surface area contributed by atoms with Crippen LogP contribution in [0.15, 0.2) is 30.3 Å². The lowest BCUT2D eigenvalue weighted by molar-refractivity contribution is -0.0393. The van der Waals surface area contributed by atoms with Crippen LogP contribution >= 0.6 is 0 Å². The SMILES string of the molecule is CCCCS(=O)(=O)CC(CO)(OC)c1ccccc1. The van der Waals surface area contributed by atoms with Crippen molar-refractivity contribution in [1.29, 1.82) is 0 Å². The molecule has 1 atom stereocenters. The van der Waals surface area contributed by atoms with E-state index in [1.165, 1.54) is 7.11 Å². The minimum atomic E-state index is -3.26. The highest BCUT2D eigenvalue weighted by Gasteiger charge is 2.36. The Bertz CT molecular complexity index is 463. The summed E-state index contributed by atoms with van der Waals surface area (Å²) < 4.78 is 29.6. The molecule has 1 rings (SSSR count). The molecular weight excluding hydrogens is 264 g/mol. The van der Waals surface area contributed by atoms with Gasteiger partial charge in [-0.25, -0.2) is 8.42 Å². The second-order valence-electron chi connectivity index (χ2n) is 4.67. The third kappa shape index (κ3) is 4.30. The number of methoxy groups -OCH3 is 1. The number of hydrogen-bond acceptors (Lipinski definition) is 4. The van der Waals surface area contributed by atoms with Gasteiger partial charge < -0.3 is 9.84 Å². The van der Waals surface area contributed by atoms with E-state index >= 15 is 0 Å². The van der Waals surface area contributed by atoms with Crippen LogP contribution in [0.25, 0.3) is 0 Å². The molecule has 0 saturated carbocycles. The van der Waals surface area contributed by atoms with E-state index in [-0.39, 0.29) is 18.1 Å². The summed E-state index contributed by atoms with van der Waals surface area (Å²) >= 11 is 0. The van der Waals surface area contributed by atoms with Gasteiger partial charge in [0.15, 0.2) is 9.84 Å². The van der Waals surface area contributed by atoms with Crippen LogP contribution < -0.4 is 0 Å². The van der Waals surface area contributed by atoms with Crippen LogP contribution in [0.1, 0.15) is 25.3 Å². The zero-order chi connectivity index (χ0) is 14.4. The first kappa shape index (κ1) is 16.1. The molecule has 0 amide bonds. The van der Waals surface area contributed by atoms with Crippen LogP contribution in [-0.2, 0) is 20.2 Å². The molecule has 19 heavy (non-hydrogen) atoms. The summed E-state index contributed by atoms with van der Waals surface area (Å²) in [6, 6.07) is 8.99. The third-order valence-corrected chi connectivity index (χ3v) is 5.02. The Labute approximate surface area is 115 Å². The van der Waals surface area contributed by atoms with Gasteiger partial charge in [0.05, 0.1) is 18.1 Å². The molecule has 1 aromatic rings. The number of ether oxygens (including phenoxy) is 1. The van der Waals surface area contributed by atoms with Crippen molar-refractivity contribution in [2.45, 2.75) is 25.4 Å². The third-order valence-electron chi connectivity index (χ3n) is 3.21. The van der Waals surface area contributed by atoms with Crippen molar-refractivity contribution < 1.29 is 18.3 Å². The highest BCUT2D eigenvalue weighted by atomic mass is 32.2. The van der Waals surface area contributed by atoms with E-state index < -0.39 is 15.4 Å². The van der Waals surface area contributed by atoms with Crippen LogP contribution in [0.2, 0.25) is 0 Å². The van der Waals surface area contributed by atoms with Crippen molar-refractivity contribution in [3.8, 4) is 0 Å². The standard InChI is InChI=1S/C14H22O4S/c1-3-4-10-19(16,17)12-14(11-15,18-2)13-8-6-5-7-9-13/h5-9,15H,3-4,10-12H2,1-2H3. The Morgan fingerprint density at radius 1 is 1.26 bits per heavy atom.